The highest BCUT2D eigenvalue weighted by Crippen LogP contribution is 2.23. The molecule has 7 nitrogen and oxygen atoms in total. The molecule has 1 heterocycles. The van der Waals surface area contributed by atoms with Crippen LogP contribution in [0.3, 0.4) is 0 Å². The Bertz CT molecular complexity index is 839. The van der Waals surface area contributed by atoms with Crippen molar-refractivity contribution in [3.8, 4) is 6.07 Å². The second kappa shape index (κ2) is 8.46. The SMILES string of the molecule is N#Cc1cc(S(=O)(=O)N2CCN(C(=O)NC3CCCCC3)CC2)ccc1Cl. The van der Waals surface area contributed by atoms with Gasteiger partial charge in [0.15, 0.2) is 0 Å². The average molecular weight is 411 g/mol. The van der Waals surface area contributed by atoms with Gasteiger partial charge in [-0.3, -0.25) is 0 Å². The molecule has 1 saturated carbocycles. The van der Waals surface area contributed by atoms with Crippen LogP contribution in [0.4, 0.5) is 4.79 Å². The molecule has 1 aromatic carbocycles. The van der Waals surface area contributed by atoms with Gasteiger partial charge in [0.05, 0.1) is 15.5 Å². The van der Waals surface area contributed by atoms with Crippen molar-refractivity contribution in [3.05, 3.63) is 28.8 Å². The minimum atomic E-state index is -3.72. The van der Waals surface area contributed by atoms with Crippen molar-refractivity contribution in [1.82, 2.24) is 14.5 Å². The maximum atomic E-state index is 12.8. The highest BCUT2D eigenvalue weighted by atomic mass is 35.5. The van der Waals surface area contributed by atoms with Crippen LogP contribution < -0.4 is 5.32 Å². The number of halogens is 1. The van der Waals surface area contributed by atoms with Crippen molar-refractivity contribution in [3.63, 3.8) is 0 Å². The van der Waals surface area contributed by atoms with E-state index in [0.717, 1.165) is 25.7 Å². The molecule has 0 aromatic heterocycles. The molecule has 2 amide bonds. The van der Waals surface area contributed by atoms with E-state index < -0.39 is 10.0 Å². The van der Waals surface area contributed by atoms with Gasteiger partial charge < -0.3 is 10.2 Å². The Labute approximate surface area is 164 Å². The van der Waals surface area contributed by atoms with E-state index in [9.17, 15) is 13.2 Å². The molecular weight excluding hydrogens is 388 g/mol. The lowest BCUT2D eigenvalue weighted by Crippen LogP contribution is -2.54. The van der Waals surface area contributed by atoms with Gasteiger partial charge in [-0.05, 0) is 31.0 Å². The Hall–Kier alpha value is -1.82. The predicted octanol–water partition coefficient (Wildman–Crippen LogP) is 2.56. The van der Waals surface area contributed by atoms with Crippen molar-refractivity contribution in [2.45, 2.75) is 43.0 Å². The summed E-state index contributed by atoms with van der Waals surface area (Å²) in [5.41, 5.74) is 0.128. The van der Waals surface area contributed by atoms with Crippen LogP contribution in [-0.4, -0.2) is 55.9 Å². The molecule has 2 fully saturated rings. The number of nitrogens with zero attached hydrogens (tertiary/aromatic N) is 3. The molecule has 3 rings (SSSR count). The fourth-order valence-electron chi connectivity index (χ4n) is 3.54. The normalized spacial score (nSPS) is 19.5. The molecule has 27 heavy (non-hydrogen) atoms. The van der Waals surface area contributed by atoms with E-state index in [1.54, 1.807) is 4.90 Å². The van der Waals surface area contributed by atoms with Crippen LogP contribution in [0.2, 0.25) is 5.02 Å². The van der Waals surface area contributed by atoms with E-state index in [0.29, 0.717) is 13.1 Å². The summed E-state index contributed by atoms with van der Waals surface area (Å²) in [6.45, 7) is 1.14. The molecule has 0 unspecified atom stereocenters. The van der Waals surface area contributed by atoms with E-state index in [2.05, 4.69) is 5.32 Å². The molecule has 1 aliphatic heterocycles. The van der Waals surface area contributed by atoms with Gasteiger partial charge in [0.25, 0.3) is 0 Å². The van der Waals surface area contributed by atoms with E-state index in [-0.39, 0.29) is 40.6 Å². The van der Waals surface area contributed by atoms with Crippen LogP contribution in [0.1, 0.15) is 37.7 Å². The molecule has 9 heteroatoms. The van der Waals surface area contributed by atoms with E-state index in [1.165, 1.54) is 28.9 Å². The largest absolute Gasteiger partial charge is 0.335 e. The predicted molar refractivity (Wildman–Crippen MR) is 102 cm³/mol. The highest BCUT2D eigenvalue weighted by Gasteiger charge is 2.31. The molecule has 0 bridgehead atoms. The number of amides is 2. The van der Waals surface area contributed by atoms with Gasteiger partial charge in [0.2, 0.25) is 10.0 Å². The van der Waals surface area contributed by atoms with Crippen molar-refractivity contribution in [2.24, 2.45) is 0 Å². The van der Waals surface area contributed by atoms with Gasteiger partial charge >= 0.3 is 6.03 Å². The van der Waals surface area contributed by atoms with Crippen LogP contribution in [-0.2, 0) is 10.0 Å². The molecular formula is C18H23ClN4O3S. The lowest BCUT2D eigenvalue weighted by molar-refractivity contribution is 0.166. The maximum absolute atomic E-state index is 12.8. The minimum Gasteiger partial charge on any atom is -0.335 e. The number of nitrogens with one attached hydrogen (secondary N) is 1. The fraction of sp³-hybridized carbons (Fsp3) is 0.556. The standard InChI is InChI=1S/C18H23ClN4O3S/c19-17-7-6-16(12-14(17)13-20)27(25,26)23-10-8-22(9-11-23)18(24)21-15-4-2-1-3-5-15/h6-7,12,15H,1-5,8-11H2,(H,21,24). The smallest absolute Gasteiger partial charge is 0.317 e. The first kappa shape index (κ1) is 19.9. The van der Waals surface area contributed by atoms with Crippen LogP contribution in [0, 0.1) is 11.3 Å². The molecule has 1 saturated heterocycles. The van der Waals surface area contributed by atoms with Gasteiger partial charge in [-0.2, -0.15) is 9.57 Å². The minimum absolute atomic E-state index is 0.0450. The third kappa shape index (κ3) is 4.54. The zero-order chi connectivity index (χ0) is 19.4. The average Bonchev–Trinajstić information content (AvgIpc) is 2.69. The van der Waals surface area contributed by atoms with E-state index >= 15 is 0 Å². The van der Waals surface area contributed by atoms with Gasteiger partial charge in [0, 0.05) is 32.2 Å². The lowest BCUT2D eigenvalue weighted by atomic mass is 9.96. The topological polar surface area (TPSA) is 93.5 Å². The van der Waals surface area contributed by atoms with Crippen LogP contribution >= 0.6 is 11.6 Å². The molecule has 1 aliphatic carbocycles. The van der Waals surface area contributed by atoms with Crippen LogP contribution in [0.25, 0.3) is 0 Å². The molecule has 0 radical (unpaired) electrons. The summed E-state index contributed by atoms with van der Waals surface area (Å²) < 4.78 is 27.0. The highest BCUT2D eigenvalue weighted by molar-refractivity contribution is 7.89. The first-order valence-corrected chi connectivity index (χ1v) is 11.0. The number of nitriles is 1. The summed E-state index contributed by atoms with van der Waals surface area (Å²) in [7, 11) is -3.72. The third-order valence-corrected chi connectivity index (χ3v) is 7.38. The number of urea groups is 1. The number of hydrogen-bond donors (Lipinski definition) is 1. The number of carbonyl (C=O) groups excluding carboxylic acids is 1. The zero-order valence-electron chi connectivity index (χ0n) is 15.0. The summed E-state index contributed by atoms with van der Waals surface area (Å²) in [4.78, 5) is 14.1. The van der Waals surface area contributed by atoms with Gasteiger partial charge in [-0.1, -0.05) is 30.9 Å². The summed E-state index contributed by atoms with van der Waals surface area (Å²) in [5.74, 6) is 0. The molecule has 0 atom stereocenters. The summed E-state index contributed by atoms with van der Waals surface area (Å²) in [6.07, 6.45) is 5.53. The molecule has 0 spiro atoms. The quantitative estimate of drug-likeness (QED) is 0.828. The number of carbonyl (C=O) groups is 1. The number of piperazine rings is 1. The zero-order valence-corrected chi connectivity index (χ0v) is 16.6. The number of benzene rings is 1. The second-order valence-corrected chi connectivity index (χ2v) is 9.27. The van der Waals surface area contributed by atoms with Crippen LogP contribution in [0.15, 0.2) is 23.1 Å². The number of sulfonamides is 1. The van der Waals surface area contributed by atoms with Gasteiger partial charge in [-0.25, -0.2) is 13.2 Å². The molecule has 1 aromatic rings. The Morgan fingerprint density at radius 2 is 1.81 bits per heavy atom. The third-order valence-electron chi connectivity index (χ3n) is 5.15. The van der Waals surface area contributed by atoms with E-state index in [1.807, 2.05) is 6.07 Å². The Balaban J connectivity index is 1.61. The summed E-state index contributed by atoms with van der Waals surface area (Å²) in [5, 5.41) is 12.3. The first-order valence-electron chi connectivity index (χ1n) is 9.17. The summed E-state index contributed by atoms with van der Waals surface area (Å²) >= 11 is 5.88. The Morgan fingerprint density at radius 1 is 1.15 bits per heavy atom. The maximum Gasteiger partial charge on any atom is 0.317 e. The van der Waals surface area contributed by atoms with Crippen molar-refractivity contribution in [1.29, 1.82) is 5.26 Å². The van der Waals surface area contributed by atoms with E-state index in [4.69, 9.17) is 16.9 Å². The lowest BCUT2D eigenvalue weighted by Gasteiger charge is -2.35. The molecule has 1 N–H and O–H groups in total. The molecule has 2 aliphatic rings. The van der Waals surface area contributed by atoms with Crippen molar-refractivity contribution >= 4 is 27.7 Å². The van der Waals surface area contributed by atoms with Crippen LogP contribution in [0.5, 0.6) is 0 Å². The number of hydrogen-bond acceptors (Lipinski definition) is 4. The first-order chi connectivity index (χ1) is 12.9. The van der Waals surface area contributed by atoms with Crippen molar-refractivity contribution < 1.29 is 13.2 Å². The fourth-order valence-corrected chi connectivity index (χ4v) is 5.15. The molecule has 146 valence electrons. The van der Waals surface area contributed by atoms with Gasteiger partial charge in [-0.15, -0.1) is 0 Å². The van der Waals surface area contributed by atoms with Gasteiger partial charge in [0.1, 0.15) is 6.07 Å². The Morgan fingerprint density at radius 3 is 2.44 bits per heavy atom. The second-order valence-electron chi connectivity index (χ2n) is 6.93. The summed E-state index contributed by atoms with van der Waals surface area (Å²) in [6, 6.07) is 6.12. The Kier molecular flexibility index (Phi) is 6.25. The number of rotatable bonds is 3. The van der Waals surface area contributed by atoms with Crippen molar-refractivity contribution in [2.75, 3.05) is 26.2 Å². The monoisotopic (exact) mass is 410 g/mol.